The van der Waals surface area contributed by atoms with E-state index in [4.69, 9.17) is 4.42 Å². The van der Waals surface area contributed by atoms with Crippen LogP contribution >= 0.6 is 0 Å². The highest BCUT2D eigenvalue weighted by Gasteiger charge is 2.06. The van der Waals surface area contributed by atoms with E-state index in [9.17, 15) is 14.7 Å². The fourth-order valence-corrected chi connectivity index (χ4v) is 1.11. The van der Waals surface area contributed by atoms with E-state index >= 15 is 0 Å². The molecule has 0 aromatic carbocycles. The van der Waals surface area contributed by atoms with Gasteiger partial charge in [0.05, 0.1) is 6.07 Å². The number of rotatable bonds is 1. The molecule has 5 nitrogen and oxygen atoms in total. The number of aromatic hydroxyl groups is 1. The highest BCUT2D eigenvalue weighted by Crippen LogP contribution is 2.19. The zero-order chi connectivity index (χ0) is 10.1. The van der Waals surface area contributed by atoms with E-state index in [-0.39, 0.29) is 22.5 Å². The molecule has 0 saturated heterocycles. The van der Waals surface area contributed by atoms with Gasteiger partial charge in [0.1, 0.15) is 11.2 Å². The summed E-state index contributed by atoms with van der Waals surface area (Å²) in [5, 5.41) is 9.33. The number of fused-ring (bicyclic) bond motifs is 1. The molecule has 2 heterocycles. The molecule has 2 rings (SSSR count). The number of nitrogens with zero attached hydrogens (tertiary/aromatic N) is 1. The average molecular weight is 191 g/mol. The number of aromatic nitrogens is 1. The van der Waals surface area contributed by atoms with Gasteiger partial charge in [0.2, 0.25) is 0 Å². The molecule has 0 spiro atoms. The maximum atomic E-state index is 10.8. The Hall–Kier alpha value is -2.17. The second-order valence-corrected chi connectivity index (χ2v) is 2.65. The minimum absolute atomic E-state index is 0.106. The molecule has 70 valence electrons. The standard InChI is InChI=1S/C9H5NO4/c11-4-5-1-2-7-9(10-5)6(12)3-8(13)14-7/h1-4,12H. The van der Waals surface area contributed by atoms with Crippen LogP contribution in [-0.4, -0.2) is 16.4 Å². The predicted molar refractivity (Wildman–Crippen MR) is 47.3 cm³/mol. The van der Waals surface area contributed by atoms with E-state index in [1.54, 1.807) is 0 Å². The molecule has 0 aliphatic carbocycles. The monoisotopic (exact) mass is 191 g/mol. The van der Waals surface area contributed by atoms with Crippen LogP contribution in [0.5, 0.6) is 5.75 Å². The Kier molecular flexibility index (Phi) is 1.78. The van der Waals surface area contributed by atoms with Crippen molar-refractivity contribution >= 4 is 17.4 Å². The Bertz CT molecular complexity index is 558. The number of carbonyl (C=O) groups excluding carboxylic acids is 1. The summed E-state index contributed by atoms with van der Waals surface area (Å²) in [5.74, 6) is -0.292. The fourth-order valence-electron chi connectivity index (χ4n) is 1.11. The van der Waals surface area contributed by atoms with Crippen molar-refractivity contribution in [3.8, 4) is 5.75 Å². The summed E-state index contributed by atoms with van der Waals surface area (Å²) in [6, 6.07) is 3.72. The predicted octanol–water partition coefficient (Wildman–Crippen LogP) is 0.706. The second kappa shape index (κ2) is 2.95. The number of aldehydes is 1. The van der Waals surface area contributed by atoms with Gasteiger partial charge >= 0.3 is 5.63 Å². The first-order valence-electron chi connectivity index (χ1n) is 3.80. The Morgan fingerprint density at radius 3 is 2.93 bits per heavy atom. The van der Waals surface area contributed by atoms with Gasteiger partial charge in [0.15, 0.2) is 17.6 Å². The van der Waals surface area contributed by atoms with Gasteiger partial charge in [-0.05, 0) is 12.1 Å². The summed E-state index contributed by atoms with van der Waals surface area (Å²) >= 11 is 0. The topological polar surface area (TPSA) is 80.4 Å². The van der Waals surface area contributed by atoms with Crippen LogP contribution in [0.4, 0.5) is 0 Å². The Morgan fingerprint density at radius 2 is 2.21 bits per heavy atom. The molecular formula is C9H5NO4. The highest BCUT2D eigenvalue weighted by atomic mass is 16.4. The molecular weight excluding hydrogens is 186 g/mol. The number of hydrogen-bond acceptors (Lipinski definition) is 5. The van der Waals surface area contributed by atoms with Crippen LogP contribution in [0.15, 0.2) is 27.4 Å². The average Bonchev–Trinajstić information content (AvgIpc) is 2.17. The molecule has 5 heteroatoms. The van der Waals surface area contributed by atoms with Crippen LogP contribution < -0.4 is 5.63 Å². The number of hydrogen-bond donors (Lipinski definition) is 1. The van der Waals surface area contributed by atoms with E-state index < -0.39 is 5.63 Å². The molecule has 0 unspecified atom stereocenters. The molecule has 0 saturated carbocycles. The summed E-state index contributed by atoms with van der Waals surface area (Å²) in [6.07, 6.45) is 0.546. The summed E-state index contributed by atoms with van der Waals surface area (Å²) in [4.78, 5) is 25.0. The molecule has 0 amide bonds. The van der Waals surface area contributed by atoms with Gasteiger partial charge in [-0.2, -0.15) is 0 Å². The smallest absolute Gasteiger partial charge is 0.340 e. The van der Waals surface area contributed by atoms with Crippen LogP contribution in [-0.2, 0) is 0 Å². The maximum Gasteiger partial charge on any atom is 0.340 e. The Morgan fingerprint density at radius 1 is 1.43 bits per heavy atom. The lowest BCUT2D eigenvalue weighted by Crippen LogP contribution is -1.97. The Labute approximate surface area is 77.6 Å². The zero-order valence-electron chi connectivity index (χ0n) is 6.93. The van der Waals surface area contributed by atoms with Crippen LogP contribution in [0.1, 0.15) is 10.5 Å². The van der Waals surface area contributed by atoms with Gasteiger partial charge in [0.25, 0.3) is 0 Å². The molecule has 0 aliphatic rings. The van der Waals surface area contributed by atoms with Crippen LogP contribution in [0.25, 0.3) is 11.1 Å². The summed E-state index contributed by atoms with van der Waals surface area (Å²) in [7, 11) is 0. The number of pyridine rings is 1. The lowest BCUT2D eigenvalue weighted by atomic mass is 10.3. The first kappa shape index (κ1) is 8.43. The lowest BCUT2D eigenvalue weighted by molar-refractivity contribution is 0.111. The van der Waals surface area contributed by atoms with E-state index in [1.165, 1.54) is 12.1 Å². The molecule has 0 radical (unpaired) electrons. The van der Waals surface area contributed by atoms with Crippen LogP contribution in [0.3, 0.4) is 0 Å². The summed E-state index contributed by atoms with van der Waals surface area (Å²) in [6.45, 7) is 0. The molecule has 2 aromatic heterocycles. The minimum Gasteiger partial charge on any atom is -0.505 e. The van der Waals surface area contributed by atoms with Crippen molar-refractivity contribution in [2.45, 2.75) is 0 Å². The van der Waals surface area contributed by atoms with Crippen molar-refractivity contribution in [2.75, 3.05) is 0 Å². The first-order valence-corrected chi connectivity index (χ1v) is 3.80. The van der Waals surface area contributed by atoms with E-state index in [2.05, 4.69) is 4.98 Å². The summed E-state index contributed by atoms with van der Waals surface area (Å²) in [5.41, 5.74) is -0.230. The Balaban J connectivity index is 2.88. The second-order valence-electron chi connectivity index (χ2n) is 2.65. The van der Waals surface area contributed by atoms with E-state index in [0.29, 0.717) is 6.29 Å². The molecule has 0 aliphatic heterocycles. The van der Waals surface area contributed by atoms with E-state index in [0.717, 1.165) is 6.07 Å². The third kappa shape index (κ3) is 1.24. The summed E-state index contributed by atoms with van der Waals surface area (Å²) < 4.78 is 4.75. The van der Waals surface area contributed by atoms with Crippen molar-refractivity contribution in [1.29, 1.82) is 0 Å². The first-order chi connectivity index (χ1) is 6.70. The third-order valence-electron chi connectivity index (χ3n) is 1.71. The van der Waals surface area contributed by atoms with Crippen molar-refractivity contribution in [3.63, 3.8) is 0 Å². The minimum atomic E-state index is -0.657. The lowest BCUT2D eigenvalue weighted by Gasteiger charge is -1.97. The van der Waals surface area contributed by atoms with Crippen molar-refractivity contribution < 1.29 is 14.3 Å². The van der Waals surface area contributed by atoms with Gasteiger partial charge < -0.3 is 9.52 Å². The van der Waals surface area contributed by atoms with Crippen molar-refractivity contribution in [1.82, 2.24) is 4.98 Å². The molecule has 2 aromatic rings. The highest BCUT2D eigenvalue weighted by molar-refractivity contribution is 5.83. The van der Waals surface area contributed by atoms with Gasteiger partial charge in [-0.15, -0.1) is 0 Å². The molecule has 0 atom stereocenters. The normalized spacial score (nSPS) is 10.3. The zero-order valence-corrected chi connectivity index (χ0v) is 6.93. The molecule has 0 bridgehead atoms. The largest absolute Gasteiger partial charge is 0.505 e. The third-order valence-corrected chi connectivity index (χ3v) is 1.71. The van der Waals surface area contributed by atoms with Crippen molar-refractivity contribution in [2.24, 2.45) is 0 Å². The van der Waals surface area contributed by atoms with Gasteiger partial charge in [-0.1, -0.05) is 0 Å². The van der Waals surface area contributed by atoms with Crippen molar-refractivity contribution in [3.05, 3.63) is 34.3 Å². The van der Waals surface area contributed by atoms with Gasteiger partial charge in [-0.25, -0.2) is 9.78 Å². The fraction of sp³-hybridized carbons (Fsp3) is 0. The number of carbonyl (C=O) groups is 1. The molecule has 1 N–H and O–H groups in total. The quantitative estimate of drug-likeness (QED) is 0.671. The van der Waals surface area contributed by atoms with Gasteiger partial charge in [-0.3, -0.25) is 4.79 Å². The maximum absolute atomic E-state index is 10.8. The van der Waals surface area contributed by atoms with Gasteiger partial charge in [0, 0.05) is 0 Å². The van der Waals surface area contributed by atoms with Crippen LogP contribution in [0, 0.1) is 0 Å². The molecule has 0 fully saturated rings. The van der Waals surface area contributed by atoms with Crippen LogP contribution in [0.2, 0.25) is 0 Å². The molecule has 14 heavy (non-hydrogen) atoms. The SMILES string of the molecule is O=Cc1ccc2oc(=O)cc(O)c2n1. The van der Waals surface area contributed by atoms with E-state index in [1.807, 2.05) is 0 Å².